The molecule has 0 aliphatic carbocycles. The summed E-state index contributed by atoms with van der Waals surface area (Å²) in [6.45, 7) is 2.95. The molecule has 2 rings (SSSR count). The first-order valence-corrected chi connectivity index (χ1v) is 6.17. The maximum Gasteiger partial charge on any atom is 0.109 e. The summed E-state index contributed by atoms with van der Waals surface area (Å²) in [5, 5.41) is 10.1. The molecule has 1 fully saturated rings. The van der Waals surface area contributed by atoms with Crippen molar-refractivity contribution in [3.05, 3.63) is 30.1 Å². The van der Waals surface area contributed by atoms with E-state index in [9.17, 15) is 5.11 Å². The molecule has 0 spiro atoms. The Bertz CT molecular complexity index is 294. The predicted molar refractivity (Wildman–Crippen MR) is 64.1 cm³/mol. The fourth-order valence-electron chi connectivity index (χ4n) is 2.23. The van der Waals surface area contributed by atoms with Crippen LogP contribution in [0.1, 0.15) is 37.5 Å². The first-order valence-electron chi connectivity index (χ1n) is 6.17. The largest absolute Gasteiger partial charge is 0.385 e. The van der Waals surface area contributed by atoms with Gasteiger partial charge in [0.25, 0.3) is 0 Å². The highest BCUT2D eigenvalue weighted by atomic mass is 16.3. The molecule has 0 amide bonds. The molecule has 1 aliphatic rings. The molecule has 16 heavy (non-hydrogen) atoms. The monoisotopic (exact) mass is 220 g/mol. The lowest BCUT2D eigenvalue weighted by molar-refractivity contribution is 0.111. The highest BCUT2D eigenvalue weighted by Crippen LogP contribution is 2.15. The van der Waals surface area contributed by atoms with Gasteiger partial charge in [0.15, 0.2) is 0 Å². The van der Waals surface area contributed by atoms with Crippen LogP contribution in [-0.4, -0.2) is 34.6 Å². The van der Waals surface area contributed by atoms with Crippen LogP contribution in [0.25, 0.3) is 0 Å². The van der Waals surface area contributed by atoms with Gasteiger partial charge in [0.2, 0.25) is 0 Å². The Balaban J connectivity index is 1.88. The van der Waals surface area contributed by atoms with E-state index in [0.717, 1.165) is 25.3 Å². The lowest BCUT2D eigenvalue weighted by atomic mass is 10.2. The van der Waals surface area contributed by atoms with Crippen molar-refractivity contribution in [3.8, 4) is 0 Å². The molecule has 2 heterocycles. The van der Waals surface area contributed by atoms with Gasteiger partial charge in [-0.1, -0.05) is 18.9 Å². The molecule has 1 atom stereocenters. The van der Waals surface area contributed by atoms with Crippen molar-refractivity contribution in [1.29, 1.82) is 0 Å². The van der Waals surface area contributed by atoms with Crippen LogP contribution in [0.5, 0.6) is 0 Å². The molecule has 0 saturated carbocycles. The SMILES string of the molecule is OC(CN1CCCCCC1)c1ccccn1. The average molecular weight is 220 g/mol. The lowest BCUT2D eigenvalue weighted by Crippen LogP contribution is -2.29. The van der Waals surface area contributed by atoms with Crippen LogP contribution in [0.15, 0.2) is 24.4 Å². The number of rotatable bonds is 3. The molecule has 1 aromatic heterocycles. The molecule has 0 bridgehead atoms. The van der Waals surface area contributed by atoms with Crippen molar-refractivity contribution in [1.82, 2.24) is 9.88 Å². The highest BCUT2D eigenvalue weighted by Gasteiger charge is 2.15. The minimum atomic E-state index is -0.445. The molecule has 1 N–H and O–H groups in total. The molecule has 1 aliphatic heterocycles. The smallest absolute Gasteiger partial charge is 0.109 e. The van der Waals surface area contributed by atoms with Crippen molar-refractivity contribution in [2.45, 2.75) is 31.8 Å². The van der Waals surface area contributed by atoms with Crippen LogP contribution in [0.2, 0.25) is 0 Å². The summed E-state index contributed by atoms with van der Waals surface area (Å²) in [6.07, 6.45) is 6.47. The standard InChI is InChI=1S/C13H20N2O/c16-13(12-7-3-4-8-14-12)11-15-9-5-1-2-6-10-15/h3-4,7-8,13,16H,1-2,5-6,9-11H2. The van der Waals surface area contributed by atoms with Gasteiger partial charge in [-0.2, -0.15) is 0 Å². The summed E-state index contributed by atoms with van der Waals surface area (Å²) >= 11 is 0. The van der Waals surface area contributed by atoms with Crippen LogP contribution in [-0.2, 0) is 0 Å². The number of hydrogen-bond donors (Lipinski definition) is 1. The second-order valence-electron chi connectivity index (χ2n) is 4.49. The Morgan fingerprint density at radius 2 is 1.94 bits per heavy atom. The molecular formula is C13H20N2O. The van der Waals surface area contributed by atoms with Gasteiger partial charge in [0.1, 0.15) is 6.10 Å². The third-order valence-electron chi connectivity index (χ3n) is 3.16. The zero-order valence-electron chi connectivity index (χ0n) is 9.68. The van der Waals surface area contributed by atoms with Gasteiger partial charge in [0, 0.05) is 12.7 Å². The number of β-amino-alcohol motifs (C(OH)–C–C–N with tert-alkyl or cyclic N) is 1. The third kappa shape index (κ3) is 3.29. The van der Waals surface area contributed by atoms with E-state index >= 15 is 0 Å². The first-order chi connectivity index (χ1) is 7.86. The molecule has 88 valence electrons. The molecular weight excluding hydrogens is 200 g/mol. The van der Waals surface area contributed by atoms with Gasteiger partial charge in [-0.15, -0.1) is 0 Å². The molecule has 1 unspecified atom stereocenters. The van der Waals surface area contributed by atoms with Gasteiger partial charge in [-0.3, -0.25) is 4.98 Å². The highest BCUT2D eigenvalue weighted by molar-refractivity contribution is 5.06. The summed E-state index contributed by atoms with van der Waals surface area (Å²) in [7, 11) is 0. The number of hydrogen-bond acceptors (Lipinski definition) is 3. The summed E-state index contributed by atoms with van der Waals surface area (Å²) in [6, 6.07) is 5.69. The Morgan fingerprint density at radius 3 is 2.56 bits per heavy atom. The van der Waals surface area contributed by atoms with Crippen molar-refractivity contribution < 1.29 is 5.11 Å². The molecule has 0 radical (unpaired) electrons. The van der Waals surface area contributed by atoms with E-state index in [1.165, 1.54) is 25.7 Å². The maximum absolute atomic E-state index is 10.1. The van der Waals surface area contributed by atoms with Crippen LogP contribution in [0.3, 0.4) is 0 Å². The number of aliphatic hydroxyl groups is 1. The van der Waals surface area contributed by atoms with E-state index in [-0.39, 0.29) is 0 Å². The van der Waals surface area contributed by atoms with Gasteiger partial charge >= 0.3 is 0 Å². The minimum Gasteiger partial charge on any atom is -0.385 e. The summed E-state index contributed by atoms with van der Waals surface area (Å²) in [5.41, 5.74) is 0.784. The van der Waals surface area contributed by atoms with Gasteiger partial charge in [-0.05, 0) is 38.1 Å². The second kappa shape index (κ2) is 5.97. The van der Waals surface area contributed by atoms with Crippen LogP contribution < -0.4 is 0 Å². The van der Waals surface area contributed by atoms with E-state index in [4.69, 9.17) is 0 Å². The van der Waals surface area contributed by atoms with Gasteiger partial charge in [0.05, 0.1) is 5.69 Å². The van der Waals surface area contributed by atoms with E-state index in [0.29, 0.717) is 0 Å². The quantitative estimate of drug-likeness (QED) is 0.846. The predicted octanol–water partition coefficient (Wildman–Crippen LogP) is 1.99. The number of aromatic nitrogens is 1. The van der Waals surface area contributed by atoms with Crippen LogP contribution >= 0.6 is 0 Å². The second-order valence-corrected chi connectivity index (χ2v) is 4.49. The van der Waals surface area contributed by atoms with Crippen molar-refractivity contribution in [3.63, 3.8) is 0 Å². The molecule has 0 aromatic carbocycles. The normalized spacial score (nSPS) is 20.3. The van der Waals surface area contributed by atoms with Crippen molar-refractivity contribution >= 4 is 0 Å². The van der Waals surface area contributed by atoms with E-state index in [1.807, 2.05) is 18.2 Å². The molecule has 3 heteroatoms. The summed E-state index contributed by atoms with van der Waals surface area (Å²) < 4.78 is 0. The molecule has 3 nitrogen and oxygen atoms in total. The first kappa shape index (κ1) is 11.6. The lowest BCUT2D eigenvalue weighted by Gasteiger charge is -2.22. The fraction of sp³-hybridized carbons (Fsp3) is 0.615. The van der Waals surface area contributed by atoms with E-state index < -0.39 is 6.10 Å². The molecule has 1 saturated heterocycles. The maximum atomic E-state index is 10.1. The third-order valence-corrected chi connectivity index (χ3v) is 3.16. The average Bonchev–Trinajstić information content (AvgIpc) is 2.59. The Hall–Kier alpha value is -0.930. The van der Waals surface area contributed by atoms with Gasteiger partial charge < -0.3 is 10.0 Å². The van der Waals surface area contributed by atoms with E-state index in [1.54, 1.807) is 6.20 Å². The number of pyridine rings is 1. The Kier molecular flexibility index (Phi) is 4.31. The zero-order valence-corrected chi connectivity index (χ0v) is 9.68. The topological polar surface area (TPSA) is 36.4 Å². The number of aliphatic hydroxyl groups excluding tert-OH is 1. The number of likely N-dealkylation sites (tertiary alicyclic amines) is 1. The van der Waals surface area contributed by atoms with Crippen molar-refractivity contribution in [2.75, 3.05) is 19.6 Å². The summed E-state index contributed by atoms with van der Waals surface area (Å²) in [5.74, 6) is 0. The van der Waals surface area contributed by atoms with Crippen LogP contribution in [0, 0.1) is 0 Å². The summed E-state index contributed by atoms with van der Waals surface area (Å²) in [4.78, 5) is 6.54. The van der Waals surface area contributed by atoms with E-state index in [2.05, 4.69) is 9.88 Å². The number of nitrogens with zero attached hydrogens (tertiary/aromatic N) is 2. The zero-order chi connectivity index (χ0) is 11.2. The minimum absolute atomic E-state index is 0.445. The van der Waals surface area contributed by atoms with Crippen molar-refractivity contribution in [2.24, 2.45) is 0 Å². The molecule has 1 aromatic rings. The van der Waals surface area contributed by atoms with Crippen LogP contribution in [0.4, 0.5) is 0 Å². The Labute approximate surface area is 97.1 Å². The fourth-order valence-corrected chi connectivity index (χ4v) is 2.23. The Morgan fingerprint density at radius 1 is 1.19 bits per heavy atom. The van der Waals surface area contributed by atoms with Gasteiger partial charge in [-0.25, -0.2) is 0 Å².